The molecule has 1 saturated heterocycles. The van der Waals surface area contributed by atoms with Gasteiger partial charge in [0.1, 0.15) is 6.07 Å². The van der Waals surface area contributed by atoms with Gasteiger partial charge in [-0.3, -0.25) is 9.69 Å². The molecule has 0 radical (unpaired) electrons. The topological polar surface area (TPSA) is 56.1 Å². The fraction of sp³-hybridized carbons (Fsp3) is 0.263. The van der Waals surface area contributed by atoms with Gasteiger partial charge in [0.15, 0.2) is 0 Å². The maximum atomic E-state index is 12.4. The van der Waals surface area contributed by atoms with Crippen molar-refractivity contribution in [2.75, 3.05) is 18.4 Å². The molecule has 3 rings (SSSR count). The van der Waals surface area contributed by atoms with Gasteiger partial charge in [-0.05, 0) is 43.1 Å². The fourth-order valence-corrected chi connectivity index (χ4v) is 3.33. The first kappa shape index (κ1) is 16.5. The molecule has 24 heavy (non-hydrogen) atoms. The van der Waals surface area contributed by atoms with Crippen molar-refractivity contribution in [1.82, 2.24) is 4.90 Å². The predicted octanol–water partition coefficient (Wildman–Crippen LogP) is 3.99. The Bertz CT molecular complexity index is 770. The third-order valence-corrected chi connectivity index (χ3v) is 4.51. The lowest BCUT2D eigenvalue weighted by Gasteiger charge is -2.24. The number of amides is 1. The number of anilines is 1. The number of halogens is 1. The highest BCUT2D eigenvalue weighted by molar-refractivity contribution is 6.31. The molecule has 0 aromatic heterocycles. The van der Waals surface area contributed by atoms with Crippen LogP contribution in [-0.2, 0) is 4.79 Å². The second kappa shape index (κ2) is 7.48. The highest BCUT2D eigenvalue weighted by Crippen LogP contribution is 2.31. The lowest BCUT2D eigenvalue weighted by molar-refractivity contribution is -0.117. The molecule has 0 spiro atoms. The van der Waals surface area contributed by atoms with Crippen LogP contribution in [0.4, 0.5) is 5.69 Å². The highest BCUT2D eigenvalue weighted by atomic mass is 35.5. The molecule has 2 aromatic rings. The number of hydrogen-bond donors (Lipinski definition) is 1. The first-order valence-corrected chi connectivity index (χ1v) is 8.33. The number of nitrogens with zero attached hydrogens (tertiary/aromatic N) is 2. The monoisotopic (exact) mass is 339 g/mol. The molecule has 1 atom stereocenters. The number of hydrogen-bond acceptors (Lipinski definition) is 3. The molecule has 0 unspecified atom stereocenters. The summed E-state index contributed by atoms with van der Waals surface area (Å²) < 4.78 is 0. The van der Waals surface area contributed by atoms with E-state index in [2.05, 4.69) is 28.4 Å². The number of nitriles is 1. The van der Waals surface area contributed by atoms with Crippen molar-refractivity contribution in [3.63, 3.8) is 0 Å². The van der Waals surface area contributed by atoms with Gasteiger partial charge in [-0.15, -0.1) is 0 Å². The minimum Gasteiger partial charge on any atom is -0.324 e. The molecule has 1 amide bonds. The number of likely N-dealkylation sites (tertiary alicyclic amines) is 1. The quantitative estimate of drug-likeness (QED) is 0.916. The smallest absolute Gasteiger partial charge is 0.238 e. The van der Waals surface area contributed by atoms with Gasteiger partial charge in [-0.2, -0.15) is 5.26 Å². The van der Waals surface area contributed by atoms with Crippen LogP contribution in [0.3, 0.4) is 0 Å². The highest BCUT2D eigenvalue weighted by Gasteiger charge is 2.27. The molecule has 122 valence electrons. The van der Waals surface area contributed by atoms with Crippen molar-refractivity contribution in [1.29, 1.82) is 5.26 Å². The van der Waals surface area contributed by atoms with E-state index < -0.39 is 0 Å². The maximum absolute atomic E-state index is 12.4. The van der Waals surface area contributed by atoms with Gasteiger partial charge in [-0.25, -0.2) is 0 Å². The zero-order valence-electron chi connectivity index (χ0n) is 13.2. The van der Waals surface area contributed by atoms with E-state index in [9.17, 15) is 4.79 Å². The Balaban J connectivity index is 1.69. The van der Waals surface area contributed by atoms with E-state index >= 15 is 0 Å². The van der Waals surface area contributed by atoms with E-state index in [0.29, 0.717) is 22.8 Å². The Morgan fingerprint density at radius 1 is 1.29 bits per heavy atom. The van der Waals surface area contributed by atoms with Crippen molar-refractivity contribution in [2.24, 2.45) is 0 Å². The van der Waals surface area contributed by atoms with E-state index in [1.54, 1.807) is 18.2 Å². The molecule has 5 heteroatoms. The summed E-state index contributed by atoms with van der Waals surface area (Å²) >= 11 is 5.96. The summed E-state index contributed by atoms with van der Waals surface area (Å²) in [5.74, 6) is -0.128. The number of rotatable bonds is 4. The maximum Gasteiger partial charge on any atom is 0.238 e. The minimum absolute atomic E-state index is 0.128. The molecule has 1 aliphatic heterocycles. The van der Waals surface area contributed by atoms with Gasteiger partial charge in [0.25, 0.3) is 0 Å². The van der Waals surface area contributed by atoms with Crippen LogP contribution in [0.5, 0.6) is 0 Å². The summed E-state index contributed by atoms with van der Waals surface area (Å²) in [6.07, 6.45) is 2.13. The van der Waals surface area contributed by atoms with E-state index in [4.69, 9.17) is 16.9 Å². The Morgan fingerprint density at radius 2 is 2.08 bits per heavy atom. The summed E-state index contributed by atoms with van der Waals surface area (Å²) in [4.78, 5) is 14.6. The van der Waals surface area contributed by atoms with E-state index in [0.717, 1.165) is 19.4 Å². The average molecular weight is 340 g/mol. The third kappa shape index (κ3) is 3.76. The molecule has 0 bridgehead atoms. The number of carbonyl (C=O) groups excluding carboxylic acids is 1. The summed E-state index contributed by atoms with van der Waals surface area (Å²) in [5.41, 5.74) is 2.11. The Morgan fingerprint density at radius 3 is 2.83 bits per heavy atom. The molecular weight excluding hydrogens is 322 g/mol. The molecular formula is C19H18ClN3O. The number of nitrogens with one attached hydrogen (secondary N) is 1. The van der Waals surface area contributed by atoms with E-state index in [-0.39, 0.29) is 11.9 Å². The van der Waals surface area contributed by atoms with Crippen LogP contribution in [0.1, 0.15) is 30.0 Å². The van der Waals surface area contributed by atoms with Crippen LogP contribution in [0.25, 0.3) is 0 Å². The van der Waals surface area contributed by atoms with Crippen molar-refractivity contribution < 1.29 is 4.79 Å². The number of benzene rings is 2. The first-order valence-electron chi connectivity index (χ1n) is 7.96. The van der Waals surface area contributed by atoms with Gasteiger partial charge in [0.05, 0.1) is 17.8 Å². The summed E-state index contributed by atoms with van der Waals surface area (Å²) in [6, 6.07) is 17.5. The first-order chi connectivity index (χ1) is 11.7. The summed E-state index contributed by atoms with van der Waals surface area (Å²) in [6.45, 7) is 1.20. The molecule has 1 aliphatic rings. The second-order valence-corrected chi connectivity index (χ2v) is 6.33. The Kier molecular flexibility index (Phi) is 5.14. The van der Waals surface area contributed by atoms with Gasteiger partial charge in [0.2, 0.25) is 5.91 Å². The van der Waals surface area contributed by atoms with Crippen molar-refractivity contribution in [2.45, 2.75) is 18.9 Å². The van der Waals surface area contributed by atoms with Gasteiger partial charge in [-0.1, -0.05) is 41.9 Å². The summed E-state index contributed by atoms with van der Waals surface area (Å²) in [5, 5.41) is 12.4. The van der Waals surface area contributed by atoms with Crippen molar-refractivity contribution in [3.8, 4) is 6.07 Å². The number of carbonyl (C=O) groups is 1. The lowest BCUT2D eigenvalue weighted by atomic mass is 10.0. The largest absolute Gasteiger partial charge is 0.324 e. The van der Waals surface area contributed by atoms with Crippen molar-refractivity contribution >= 4 is 23.2 Å². The van der Waals surface area contributed by atoms with Gasteiger partial charge < -0.3 is 5.32 Å². The molecule has 1 heterocycles. The fourth-order valence-electron chi connectivity index (χ4n) is 3.16. The van der Waals surface area contributed by atoms with Gasteiger partial charge in [0, 0.05) is 11.1 Å². The van der Waals surface area contributed by atoms with Crippen LogP contribution in [0.15, 0.2) is 48.5 Å². The summed E-state index contributed by atoms with van der Waals surface area (Å²) in [7, 11) is 0. The van der Waals surface area contributed by atoms with Crippen LogP contribution in [-0.4, -0.2) is 23.9 Å². The minimum atomic E-state index is -0.128. The van der Waals surface area contributed by atoms with E-state index in [1.807, 2.05) is 18.2 Å². The Labute approximate surface area is 146 Å². The second-order valence-electron chi connectivity index (χ2n) is 5.89. The zero-order chi connectivity index (χ0) is 16.9. The molecule has 1 fully saturated rings. The lowest BCUT2D eigenvalue weighted by Crippen LogP contribution is -2.33. The standard InChI is InChI=1S/C19H18ClN3O/c20-16-9-8-15(12-21)17(11-16)22-19(24)13-23-10-4-7-18(23)14-5-2-1-3-6-14/h1-3,5-6,8-9,11,18H,4,7,10,13H2,(H,22,24)/t18-/m0/s1. The normalized spacial score (nSPS) is 17.4. The van der Waals surface area contributed by atoms with E-state index in [1.165, 1.54) is 5.56 Å². The Hall–Kier alpha value is -2.35. The molecule has 2 aromatic carbocycles. The zero-order valence-corrected chi connectivity index (χ0v) is 14.0. The molecule has 4 nitrogen and oxygen atoms in total. The van der Waals surface area contributed by atoms with Crippen molar-refractivity contribution in [3.05, 3.63) is 64.7 Å². The van der Waals surface area contributed by atoms with Crippen LogP contribution in [0, 0.1) is 11.3 Å². The van der Waals surface area contributed by atoms with Gasteiger partial charge >= 0.3 is 0 Å². The molecule has 0 aliphatic carbocycles. The molecule has 1 N–H and O–H groups in total. The van der Waals surface area contributed by atoms with Crippen LogP contribution >= 0.6 is 11.6 Å². The van der Waals surface area contributed by atoms with Crippen LogP contribution < -0.4 is 5.32 Å². The third-order valence-electron chi connectivity index (χ3n) is 4.27. The predicted molar refractivity (Wildman–Crippen MR) is 94.8 cm³/mol. The molecule has 0 saturated carbocycles. The average Bonchev–Trinajstić information content (AvgIpc) is 3.04. The van der Waals surface area contributed by atoms with Crippen LogP contribution in [0.2, 0.25) is 5.02 Å². The SMILES string of the molecule is N#Cc1ccc(Cl)cc1NC(=O)CN1CCC[C@H]1c1ccccc1.